The molecule has 2 aliphatic rings. The van der Waals surface area contributed by atoms with Crippen LogP contribution in [-0.4, -0.2) is 70.0 Å². The van der Waals surface area contributed by atoms with E-state index in [2.05, 4.69) is 15.6 Å². The average Bonchev–Trinajstić information content (AvgIpc) is 3.14. The predicted molar refractivity (Wildman–Crippen MR) is 127 cm³/mol. The largest absolute Gasteiger partial charge is 0.401 e. The normalized spacial score (nSPS) is 20.8. The van der Waals surface area contributed by atoms with Gasteiger partial charge >= 0.3 is 6.18 Å². The Bertz CT molecular complexity index is 491. The minimum absolute atomic E-state index is 0. The fourth-order valence-electron chi connectivity index (χ4n) is 4.65. The molecule has 178 valence electrons. The van der Waals surface area contributed by atoms with Gasteiger partial charge in [0.05, 0.1) is 6.54 Å². The maximum Gasteiger partial charge on any atom is 0.401 e. The van der Waals surface area contributed by atoms with E-state index in [1.54, 1.807) is 7.05 Å². The summed E-state index contributed by atoms with van der Waals surface area (Å²) in [7, 11) is 1.78. The van der Waals surface area contributed by atoms with Crippen LogP contribution in [0.2, 0.25) is 0 Å². The van der Waals surface area contributed by atoms with E-state index in [-0.39, 0.29) is 24.0 Å². The van der Waals surface area contributed by atoms with Crippen LogP contribution in [0, 0.1) is 11.3 Å². The molecule has 0 atom stereocenters. The van der Waals surface area contributed by atoms with Crippen LogP contribution >= 0.6 is 24.0 Å². The molecule has 2 N–H and O–H groups in total. The molecule has 1 heterocycles. The third-order valence-electron chi connectivity index (χ3n) is 6.45. The number of guanidine groups is 1. The van der Waals surface area contributed by atoms with E-state index < -0.39 is 12.7 Å². The van der Waals surface area contributed by atoms with Crippen LogP contribution in [0.15, 0.2) is 4.99 Å². The van der Waals surface area contributed by atoms with Gasteiger partial charge in [0.1, 0.15) is 0 Å². The van der Waals surface area contributed by atoms with E-state index in [1.165, 1.54) is 30.6 Å². The molecule has 0 aromatic heterocycles. The number of hydrogen-bond acceptors (Lipinski definition) is 3. The number of nitrogens with one attached hydrogen (secondary N) is 2. The molecule has 2 fully saturated rings. The summed E-state index contributed by atoms with van der Waals surface area (Å²) >= 11 is 0. The van der Waals surface area contributed by atoms with Crippen molar-refractivity contribution in [3.8, 4) is 0 Å². The minimum Gasteiger partial charge on any atom is -0.382 e. The lowest BCUT2D eigenvalue weighted by molar-refractivity contribution is -0.148. The van der Waals surface area contributed by atoms with Crippen LogP contribution in [0.3, 0.4) is 0 Å². The van der Waals surface area contributed by atoms with Crippen LogP contribution in [0.1, 0.15) is 58.3 Å². The maximum atomic E-state index is 12.5. The zero-order valence-electron chi connectivity index (χ0n) is 18.5. The first kappa shape index (κ1) is 27.7. The number of nitrogens with zero attached hydrogens (tertiary/aromatic N) is 2. The van der Waals surface area contributed by atoms with Gasteiger partial charge in [0.25, 0.3) is 0 Å². The highest BCUT2D eigenvalue weighted by molar-refractivity contribution is 14.0. The van der Waals surface area contributed by atoms with Crippen LogP contribution in [-0.2, 0) is 4.74 Å². The SMILES string of the molecule is CCOCCC1(CNC(=NC)NCCC2CCN(CC(F)(F)F)CC2)CCCC1.I. The van der Waals surface area contributed by atoms with Crippen molar-refractivity contribution in [3.05, 3.63) is 0 Å². The molecule has 1 aliphatic carbocycles. The molecule has 0 unspecified atom stereocenters. The molecule has 0 aromatic rings. The van der Waals surface area contributed by atoms with E-state index in [9.17, 15) is 13.2 Å². The lowest BCUT2D eigenvalue weighted by Crippen LogP contribution is -2.44. The van der Waals surface area contributed by atoms with Gasteiger partial charge in [0.15, 0.2) is 5.96 Å². The summed E-state index contributed by atoms with van der Waals surface area (Å²) in [4.78, 5) is 5.86. The number of likely N-dealkylation sites (tertiary alicyclic amines) is 1. The van der Waals surface area contributed by atoms with Gasteiger partial charge in [-0.3, -0.25) is 9.89 Å². The van der Waals surface area contributed by atoms with Crippen LogP contribution in [0.25, 0.3) is 0 Å². The number of rotatable bonds is 10. The minimum atomic E-state index is -4.09. The fourth-order valence-corrected chi connectivity index (χ4v) is 4.65. The van der Waals surface area contributed by atoms with Crippen molar-refractivity contribution in [3.63, 3.8) is 0 Å². The van der Waals surface area contributed by atoms with E-state index in [1.807, 2.05) is 6.92 Å². The summed E-state index contributed by atoms with van der Waals surface area (Å²) in [5, 5.41) is 6.89. The molecule has 0 amide bonds. The Morgan fingerprint density at radius 2 is 1.83 bits per heavy atom. The molecular formula is C21H40F3IN4O. The zero-order chi connectivity index (χ0) is 21.2. The summed E-state index contributed by atoms with van der Waals surface area (Å²) in [5.74, 6) is 1.31. The summed E-state index contributed by atoms with van der Waals surface area (Å²) in [5.41, 5.74) is 0.304. The topological polar surface area (TPSA) is 48.9 Å². The molecule has 1 aliphatic heterocycles. The number of piperidine rings is 1. The second kappa shape index (κ2) is 14.0. The highest BCUT2D eigenvalue weighted by Gasteiger charge is 2.34. The van der Waals surface area contributed by atoms with Crippen molar-refractivity contribution in [2.45, 2.75) is 64.5 Å². The van der Waals surface area contributed by atoms with Crippen molar-refractivity contribution >= 4 is 29.9 Å². The van der Waals surface area contributed by atoms with Gasteiger partial charge in [-0.05, 0) is 69.9 Å². The second-order valence-corrected chi connectivity index (χ2v) is 8.63. The third-order valence-corrected chi connectivity index (χ3v) is 6.45. The summed E-state index contributed by atoms with van der Waals surface area (Å²) in [6.07, 6.45) is 4.68. The highest BCUT2D eigenvalue weighted by atomic mass is 127. The van der Waals surface area contributed by atoms with E-state index >= 15 is 0 Å². The van der Waals surface area contributed by atoms with Crippen molar-refractivity contribution in [2.75, 3.05) is 53.0 Å². The Balaban J connectivity index is 0.00000450. The quantitative estimate of drug-likeness (QED) is 0.184. The Morgan fingerprint density at radius 1 is 1.17 bits per heavy atom. The molecule has 2 rings (SSSR count). The highest BCUT2D eigenvalue weighted by Crippen LogP contribution is 2.40. The predicted octanol–water partition coefficient (Wildman–Crippen LogP) is 4.42. The summed E-state index contributed by atoms with van der Waals surface area (Å²) in [6, 6.07) is 0. The van der Waals surface area contributed by atoms with E-state index in [0.717, 1.165) is 57.9 Å². The molecule has 0 radical (unpaired) electrons. The fraction of sp³-hybridized carbons (Fsp3) is 0.952. The first-order valence-electron chi connectivity index (χ1n) is 11.2. The molecule has 0 bridgehead atoms. The number of aliphatic imine (C=N–C) groups is 1. The van der Waals surface area contributed by atoms with Crippen LogP contribution < -0.4 is 10.6 Å². The molecule has 5 nitrogen and oxygen atoms in total. The smallest absolute Gasteiger partial charge is 0.382 e. The monoisotopic (exact) mass is 548 g/mol. The average molecular weight is 548 g/mol. The van der Waals surface area contributed by atoms with Gasteiger partial charge in [-0.25, -0.2) is 0 Å². The first-order valence-corrected chi connectivity index (χ1v) is 11.2. The standard InChI is InChI=1S/C21H39F3N4O.HI/c1-3-29-15-11-20(9-4-5-10-20)16-27-19(25-2)26-12-6-18-7-13-28(14-8-18)17-21(22,23)24;/h18H,3-17H2,1-2H3,(H2,25,26,27);1H. The van der Waals surface area contributed by atoms with Gasteiger partial charge in [0.2, 0.25) is 0 Å². The van der Waals surface area contributed by atoms with Crippen molar-refractivity contribution in [2.24, 2.45) is 16.3 Å². The lowest BCUT2D eigenvalue weighted by atomic mass is 9.83. The third kappa shape index (κ3) is 10.3. The van der Waals surface area contributed by atoms with Crippen molar-refractivity contribution in [1.82, 2.24) is 15.5 Å². The van der Waals surface area contributed by atoms with Crippen LogP contribution in [0.5, 0.6) is 0 Å². The van der Waals surface area contributed by atoms with Gasteiger partial charge in [-0.15, -0.1) is 24.0 Å². The Labute approximate surface area is 197 Å². The lowest BCUT2D eigenvalue weighted by Gasteiger charge is -2.32. The van der Waals surface area contributed by atoms with E-state index in [4.69, 9.17) is 4.74 Å². The number of halogens is 4. The first-order chi connectivity index (χ1) is 13.9. The second-order valence-electron chi connectivity index (χ2n) is 8.63. The van der Waals surface area contributed by atoms with Gasteiger partial charge in [-0.2, -0.15) is 13.2 Å². The molecule has 9 heteroatoms. The number of hydrogen-bond donors (Lipinski definition) is 2. The zero-order valence-corrected chi connectivity index (χ0v) is 20.9. The molecular weight excluding hydrogens is 508 g/mol. The number of ether oxygens (including phenoxy) is 1. The van der Waals surface area contributed by atoms with Crippen LogP contribution in [0.4, 0.5) is 13.2 Å². The van der Waals surface area contributed by atoms with Gasteiger partial charge in [0, 0.05) is 33.4 Å². The van der Waals surface area contributed by atoms with Gasteiger partial charge in [-0.1, -0.05) is 12.8 Å². The van der Waals surface area contributed by atoms with E-state index in [0.29, 0.717) is 24.4 Å². The summed E-state index contributed by atoms with van der Waals surface area (Å²) < 4.78 is 43.0. The molecule has 0 spiro atoms. The Kier molecular flexibility index (Phi) is 12.9. The molecule has 30 heavy (non-hydrogen) atoms. The van der Waals surface area contributed by atoms with Gasteiger partial charge < -0.3 is 15.4 Å². The Hall–Kier alpha value is -0.290. The summed E-state index contributed by atoms with van der Waals surface area (Å²) in [6.45, 7) is 5.63. The number of alkyl halides is 3. The maximum absolute atomic E-state index is 12.5. The molecule has 0 aromatic carbocycles. The van der Waals surface area contributed by atoms with Crippen molar-refractivity contribution < 1.29 is 17.9 Å². The van der Waals surface area contributed by atoms with Crippen molar-refractivity contribution in [1.29, 1.82) is 0 Å². The molecule has 1 saturated heterocycles. The Morgan fingerprint density at radius 3 is 2.40 bits per heavy atom. The molecule has 1 saturated carbocycles.